The first-order valence-electron chi connectivity index (χ1n) is 5.11. The van der Waals surface area contributed by atoms with Crippen LogP contribution in [-0.2, 0) is 6.42 Å². The number of benzene rings is 1. The highest BCUT2D eigenvalue weighted by Gasteiger charge is 2.32. The molecule has 1 rings (SSSR count). The largest absolute Gasteiger partial charge is 0.446 e. The van der Waals surface area contributed by atoms with Gasteiger partial charge in [0.05, 0.1) is 6.07 Å². The van der Waals surface area contributed by atoms with Crippen molar-refractivity contribution >= 4 is 23.5 Å². The molecule has 9 heteroatoms. The van der Waals surface area contributed by atoms with E-state index in [-0.39, 0.29) is 28.2 Å². The zero-order chi connectivity index (χ0) is 15.4. The van der Waals surface area contributed by atoms with Crippen molar-refractivity contribution in [3.8, 4) is 6.07 Å². The maximum atomic E-state index is 12.3. The minimum Gasteiger partial charge on any atom is -0.198 e. The molecule has 0 amide bonds. The van der Waals surface area contributed by atoms with E-state index < -0.39 is 34.5 Å². The highest BCUT2D eigenvalue weighted by molar-refractivity contribution is 8.01. The van der Waals surface area contributed by atoms with E-state index in [0.29, 0.717) is 0 Å². The summed E-state index contributed by atoms with van der Waals surface area (Å²) in [5.74, 6) is 0. The number of aryl methyl sites for hydroxylation is 1. The summed E-state index contributed by atoms with van der Waals surface area (Å²) in [6, 6.07) is 4.93. The summed E-state index contributed by atoms with van der Waals surface area (Å²) >= 11 is -0.950. The van der Waals surface area contributed by atoms with Gasteiger partial charge in [0.25, 0.3) is 0 Å². The molecule has 0 aliphatic rings. The van der Waals surface area contributed by atoms with Gasteiger partial charge in [-0.3, -0.25) is 0 Å². The van der Waals surface area contributed by atoms with E-state index in [4.69, 9.17) is 5.26 Å². The van der Waals surface area contributed by atoms with E-state index in [9.17, 15) is 26.3 Å². The number of alkyl halides is 6. The van der Waals surface area contributed by atoms with E-state index in [0.717, 1.165) is 18.2 Å². The first kappa shape index (κ1) is 17.0. The normalized spacial score (nSPS) is 12.2. The van der Waals surface area contributed by atoms with Gasteiger partial charge in [-0.25, -0.2) is 0 Å². The second kappa shape index (κ2) is 6.63. The Hall–Kier alpha value is -1.01. The topological polar surface area (TPSA) is 23.8 Å². The molecular weight excluding hydrogens is 324 g/mol. The Balaban J connectivity index is 3.04. The molecule has 0 saturated heterocycles. The third-order valence-electron chi connectivity index (χ3n) is 1.93. The third-order valence-corrected chi connectivity index (χ3v) is 3.34. The summed E-state index contributed by atoms with van der Waals surface area (Å²) in [6.45, 7) is 0. The maximum absolute atomic E-state index is 12.3. The molecule has 0 aliphatic heterocycles. The van der Waals surface area contributed by atoms with Crippen molar-refractivity contribution < 1.29 is 26.3 Å². The van der Waals surface area contributed by atoms with Crippen molar-refractivity contribution in [1.29, 1.82) is 5.26 Å². The van der Waals surface area contributed by atoms with Gasteiger partial charge in [0.1, 0.15) is 0 Å². The Morgan fingerprint density at radius 2 is 1.35 bits per heavy atom. The number of nitrogens with zero attached hydrogens (tertiary/aromatic N) is 1. The minimum absolute atomic E-state index is 0.0241. The maximum Gasteiger partial charge on any atom is 0.446 e. The van der Waals surface area contributed by atoms with Crippen molar-refractivity contribution in [3.05, 3.63) is 23.8 Å². The van der Waals surface area contributed by atoms with E-state index >= 15 is 0 Å². The van der Waals surface area contributed by atoms with Crippen LogP contribution in [0.4, 0.5) is 26.3 Å². The van der Waals surface area contributed by atoms with Crippen molar-refractivity contribution in [2.24, 2.45) is 0 Å². The van der Waals surface area contributed by atoms with Crippen LogP contribution in [0.15, 0.2) is 28.0 Å². The number of hydrogen-bond acceptors (Lipinski definition) is 3. The summed E-state index contributed by atoms with van der Waals surface area (Å²) in [4.78, 5) is -0.639. The summed E-state index contributed by atoms with van der Waals surface area (Å²) in [6.07, 6.45) is 0.129. The van der Waals surface area contributed by atoms with Crippen LogP contribution < -0.4 is 0 Å². The lowest BCUT2D eigenvalue weighted by molar-refractivity contribution is -0.0334. The highest BCUT2D eigenvalue weighted by Crippen LogP contribution is 2.42. The second-order valence-corrected chi connectivity index (χ2v) is 5.84. The number of hydrogen-bond donors (Lipinski definition) is 0. The fourth-order valence-corrected chi connectivity index (χ4v) is 2.76. The van der Waals surface area contributed by atoms with E-state index in [2.05, 4.69) is 0 Å². The molecule has 1 aromatic rings. The summed E-state index contributed by atoms with van der Waals surface area (Å²) in [5, 5.41) is 8.42. The van der Waals surface area contributed by atoms with Gasteiger partial charge in [0.15, 0.2) is 0 Å². The van der Waals surface area contributed by atoms with E-state index in [1.807, 2.05) is 0 Å². The predicted octanol–water partition coefficient (Wildman–Crippen LogP) is 5.37. The predicted molar refractivity (Wildman–Crippen MR) is 64.2 cm³/mol. The fraction of sp³-hybridized carbons (Fsp3) is 0.364. The van der Waals surface area contributed by atoms with Gasteiger partial charge < -0.3 is 0 Å². The Morgan fingerprint density at radius 1 is 0.900 bits per heavy atom. The Kier molecular flexibility index (Phi) is 5.65. The lowest BCUT2D eigenvalue weighted by atomic mass is 10.1. The van der Waals surface area contributed by atoms with Crippen molar-refractivity contribution in [2.45, 2.75) is 33.6 Å². The molecule has 0 atom stereocenters. The lowest BCUT2D eigenvalue weighted by Gasteiger charge is -2.11. The number of nitriles is 1. The van der Waals surface area contributed by atoms with Gasteiger partial charge in [0, 0.05) is 16.2 Å². The molecule has 0 aliphatic carbocycles. The van der Waals surface area contributed by atoms with Gasteiger partial charge in [-0.2, -0.15) is 31.6 Å². The standard InChI is InChI=1S/C11H7F6NS2/c12-10(13,14)19-8-4-7(2-1-3-18)5-9(6-8)20-11(15,16)17/h4-6H,1-2H2. The number of halogens is 6. The molecule has 0 bridgehead atoms. The van der Waals surface area contributed by atoms with Crippen LogP contribution in [0.25, 0.3) is 0 Å². The van der Waals surface area contributed by atoms with E-state index in [1.54, 1.807) is 6.07 Å². The number of rotatable bonds is 4. The zero-order valence-corrected chi connectivity index (χ0v) is 11.3. The van der Waals surface area contributed by atoms with Gasteiger partial charge in [-0.05, 0) is 53.7 Å². The quantitative estimate of drug-likeness (QED) is 0.548. The SMILES string of the molecule is N#CCCc1cc(SC(F)(F)F)cc(SC(F)(F)F)c1. The van der Waals surface area contributed by atoms with Gasteiger partial charge >= 0.3 is 11.0 Å². The molecule has 1 aromatic carbocycles. The molecule has 110 valence electrons. The van der Waals surface area contributed by atoms with Crippen LogP contribution in [0.5, 0.6) is 0 Å². The van der Waals surface area contributed by atoms with Gasteiger partial charge in [0.2, 0.25) is 0 Å². The molecular formula is C11H7F6NS2. The molecule has 0 spiro atoms. The van der Waals surface area contributed by atoms with Crippen LogP contribution in [0.2, 0.25) is 0 Å². The smallest absolute Gasteiger partial charge is 0.198 e. The molecule has 0 N–H and O–H groups in total. The minimum atomic E-state index is -4.58. The molecule has 0 saturated carbocycles. The highest BCUT2D eigenvalue weighted by atomic mass is 32.2. The lowest BCUT2D eigenvalue weighted by Crippen LogP contribution is -2.02. The summed E-state index contributed by atoms with van der Waals surface area (Å²) in [5.41, 5.74) is -8.88. The van der Waals surface area contributed by atoms with Crippen LogP contribution in [0.1, 0.15) is 12.0 Å². The molecule has 0 heterocycles. The van der Waals surface area contributed by atoms with Gasteiger partial charge in [-0.15, -0.1) is 0 Å². The average Bonchev–Trinajstić information content (AvgIpc) is 2.21. The molecule has 20 heavy (non-hydrogen) atoms. The first-order valence-corrected chi connectivity index (χ1v) is 6.75. The third kappa shape index (κ3) is 6.96. The van der Waals surface area contributed by atoms with Crippen LogP contribution in [0.3, 0.4) is 0 Å². The van der Waals surface area contributed by atoms with E-state index in [1.165, 1.54) is 0 Å². The molecule has 0 aromatic heterocycles. The summed E-state index contributed by atoms with van der Waals surface area (Å²) < 4.78 is 73.7. The first-order chi connectivity index (χ1) is 9.09. The van der Waals surface area contributed by atoms with Crippen molar-refractivity contribution in [1.82, 2.24) is 0 Å². The average molecular weight is 331 g/mol. The zero-order valence-electron chi connectivity index (χ0n) is 9.68. The monoisotopic (exact) mass is 331 g/mol. The van der Waals surface area contributed by atoms with Crippen LogP contribution in [0, 0.1) is 11.3 Å². The van der Waals surface area contributed by atoms with Crippen LogP contribution >= 0.6 is 23.5 Å². The molecule has 0 fully saturated rings. The molecule has 1 nitrogen and oxygen atoms in total. The Labute approximate surface area is 119 Å². The second-order valence-electron chi connectivity index (χ2n) is 3.57. The molecule has 0 unspecified atom stereocenters. The van der Waals surface area contributed by atoms with Gasteiger partial charge in [-0.1, -0.05) is 0 Å². The Morgan fingerprint density at radius 3 is 1.70 bits per heavy atom. The van der Waals surface area contributed by atoms with Crippen molar-refractivity contribution in [3.63, 3.8) is 0 Å². The number of thioether (sulfide) groups is 2. The van der Waals surface area contributed by atoms with Crippen molar-refractivity contribution in [2.75, 3.05) is 0 Å². The summed E-state index contributed by atoms with van der Waals surface area (Å²) in [7, 11) is 0. The fourth-order valence-electron chi connectivity index (χ4n) is 1.36. The Bertz CT molecular complexity index is 469. The van der Waals surface area contributed by atoms with Crippen LogP contribution in [-0.4, -0.2) is 11.0 Å². The molecule has 0 radical (unpaired) electrons.